The average molecular weight is 731 g/mol. The lowest BCUT2D eigenvalue weighted by atomic mass is 10.1. The van der Waals surface area contributed by atoms with Crippen molar-refractivity contribution in [2.24, 2.45) is 0 Å². The zero-order chi connectivity index (χ0) is 37.3. The summed E-state index contributed by atoms with van der Waals surface area (Å²) in [6.45, 7) is 0. The number of hydrogen-bond acceptors (Lipinski definition) is 7. The van der Waals surface area contributed by atoms with Crippen molar-refractivity contribution < 1.29 is 23.5 Å². The van der Waals surface area contributed by atoms with Crippen molar-refractivity contribution in [1.29, 1.82) is 0 Å². The molecule has 266 valence electrons. The summed E-state index contributed by atoms with van der Waals surface area (Å²) in [6.07, 6.45) is 1.57. The van der Waals surface area contributed by atoms with Crippen LogP contribution in [0.1, 0.15) is 26.7 Å². The van der Waals surface area contributed by atoms with E-state index >= 15 is 0 Å². The van der Waals surface area contributed by atoms with Crippen molar-refractivity contribution in [3.05, 3.63) is 180 Å². The third kappa shape index (κ3) is 8.58. The molecule has 0 aliphatic heterocycles. The molecular formula is C44H34N4O5S. The number of thioether (sulfide) groups is 1. The van der Waals surface area contributed by atoms with Crippen LogP contribution in [-0.2, 0) is 9.59 Å². The number of aromatic nitrogens is 1. The van der Waals surface area contributed by atoms with Crippen LogP contribution in [0.25, 0.3) is 28.6 Å². The Morgan fingerprint density at radius 2 is 1.33 bits per heavy atom. The van der Waals surface area contributed by atoms with Crippen molar-refractivity contribution in [2.75, 3.05) is 17.7 Å². The fraction of sp³-hybridized carbons (Fsp3) is 0.0455. The number of carbonyl (C=O) groups is 3. The Balaban J connectivity index is 1.06. The number of benzene rings is 6. The standard InChI is InChI=1S/C44H34N4O5S/c1-52-38-18-10-8-16-32(38)28-37(47-41(49)30-14-6-3-7-15-30)42(50)45-34-24-26-35(27-25-34)54-40(29-12-4-2-5-13-29)43(51)46-33-22-20-31(21-23-33)44-48-36-17-9-11-19-39(36)53-44/h2-28,40H,1H3,(H,45,50)(H,46,51)(H,47,49)/b37-28-. The average Bonchev–Trinajstić information content (AvgIpc) is 3.66. The number of fused-ring (bicyclic) bond motifs is 1. The van der Waals surface area contributed by atoms with E-state index in [9.17, 15) is 14.4 Å². The largest absolute Gasteiger partial charge is 0.496 e. The van der Waals surface area contributed by atoms with E-state index in [2.05, 4.69) is 20.9 Å². The van der Waals surface area contributed by atoms with E-state index < -0.39 is 17.1 Å². The number of ether oxygens (including phenoxy) is 1. The fourth-order valence-corrected chi connectivity index (χ4v) is 6.66. The molecule has 0 saturated heterocycles. The van der Waals surface area contributed by atoms with Gasteiger partial charge in [-0.25, -0.2) is 4.98 Å². The van der Waals surface area contributed by atoms with Crippen molar-refractivity contribution in [1.82, 2.24) is 10.3 Å². The molecule has 54 heavy (non-hydrogen) atoms. The van der Waals surface area contributed by atoms with E-state index in [1.54, 1.807) is 61.7 Å². The van der Waals surface area contributed by atoms with E-state index in [0.717, 1.165) is 21.5 Å². The third-order valence-corrected chi connectivity index (χ3v) is 9.63. The maximum absolute atomic E-state index is 13.8. The molecule has 7 rings (SSSR count). The van der Waals surface area contributed by atoms with Crippen molar-refractivity contribution in [3.8, 4) is 17.2 Å². The maximum atomic E-state index is 13.8. The minimum Gasteiger partial charge on any atom is -0.496 e. The van der Waals surface area contributed by atoms with Crippen LogP contribution in [0.5, 0.6) is 5.75 Å². The highest BCUT2D eigenvalue weighted by Crippen LogP contribution is 2.37. The number of anilines is 2. The second kappa shape index (κ2) is 16.6. The molecule has 0 bridgehead atoms. The SMILES string of the molecule is COc1ccccc1/C=C(\NC(=O)c1ccccc1)C(=O)Nc1ccc(SC(C(=O)Nc2ccc(-c3nc4ccccc4o3)cc2)c2ccccc2)cc1. The van der Waals surface area contributed by atoms with Crippen LogP contribution in [0, 0.1) is 0 Å². The Morgan fingerprint density at radius 3 is 2.06 bits per heavy atom. The maximum Gasteiger partial charge on any atom is 0.272 e. The molecule has 0 fully saturated rings. The molecule has 0 aliphatic carbocycles. The molecule has 3 amide bonds. The lowest BCUT2D eigenvalue weighted by Gasteiger charge is -2.18. The van der Waals surface area contributed by atoms with Gasteiger partial charge in [0.2, 0.25) is 11.8 Å². The molecule has 6 aromatic carbocycles. The van der Waals surface area contributed by atoms with Gasteiger partial charge in [-0.15, -0.1) is 11.8 Å². The van der Waals surface area contributed by atoms with Crippen LogP contribution in [0.15, 0.2) is 173 Å². The zero-order valence-electron chi connectivity index (χ0n) is 29.1. The highest BCUT2D eigenvalue weighted by atomic mass is 32.2. The number of hydrogen-bond donors (Lipinski definition) is 3. The summed E-state index contributed by atoms with van der Waals surface area (Å²) < 4.78 is 11.4. The number of methoxy groups -OCH3 is 1. The van der Waals surface area contributed by atoms with Crippen LogP contribution in [0.2, 0.25) is 0 Å². The van der Waals surface area contributed by atoms with Crippen LogP contribution in [0.4, 0.5) is 11.4 Å². The number of nitrogens with one attached hydrogen (secondary N) is 3. The van der Waals surface area contributed by atoms with Gasteiger partial charge in [0.15, 0.2) is 5.58 Å². The molecule has 1 unspecified atom stereocenters. The second-order valence-corrected chi connectivity index (χ2v) is 13.2. The summed E-state index contributed by atoms with van der Waals surface area (Å²) in [4.78, 5) is 45.9. The summed E-state index contributed by atoms with van der Waals surface area (Å²) >= 11 is 1.39. The summed E-state index contributed by atoms with van der Waals surface area (Å²) in [6, 6.07) is 47.6. The first kappa shape index (κ1) is 35.5. The summed E-state index contributed by atoms with van der Waals surface area (Å²) in [5.74, 6) is -0.0880. The number of nitrogens with zero attached hydrogens (tertiary/aromatic N) is 1. The molecule has 1 heterocycles. The van der Waals surface area contributed by atoms with Crippen molar-refractivity contribution in [3.63, 3.8) is 0 Å². The van der Waals surface area contributed by atoms with Gasteiger partial charge in [0.25, 0.3) is 11.8 Å². The van der Waals surface area contributed by atoms with Gasteiger partial charge in [-0.3, -0.25) is 14.4 Å². The van der Waals surface area contributed by atoms with E-state index in [1.807, 2.05) is 109 Å². The smallest absolute Gasteiger partial charge is 0.272 e. The first-order chi connectivity index (χ1) is 26.4. The molecule has 10 heteroatoms. The molecule has 9 nitrogen and oxygen atoms in total. The molecule has 1 aromatic heterocycles. The topological polar surface area (TPSA) is 123 Å². The number of amides is 3. The van der Waals surface area contributed by atoms with E-state index in [4.69, 9.17) is 9.15 Å². The Bertz CT molecular complexity index is 2400. The van der Waals surface area contributed by atoms with E-state index in [1.165, 1.54) is 11.8 Å². The van der Waals surface area contributed by atoms with Gasteiger partial charge in [-0.05, 0) is 90.5 Å². The Kier molecular flexibility index (Phi) is 10.9. The van der Waals surface area contributed by atoms with Gasteiger partial charge < -0.3 is 25.1 Å². The summed E-state index contributed by atoms with van der Waals surface area (Å²) in [5, 5.41) is 8.12. The Labute approximate surface area is 316 Å². The quantitative estimate of drug-likeness (QED) is 0.0846. The van der Waals surface area contributed by atoms with Gasteiger partial charge in [0.1, 0.15) is 22.2 Å². The highest BCUT2D eigenvalue weighted by molar-refractivity contribution is 8.00. The summed E-state index contributed by atoms with van der Waals surface area (Å²) in [7, 11) is 1.54. The molecule has 7 aromatic rings. The zero-order valence-corrected chi connectivity index (χ0v) is 29.9. The minimum absolute atomic E-state index is 0.0366. The normalized spacial score (nSPS) is 11.8. The Morgan fingerprint density at radius 1 is 0.704 bits per heavy atom. The highest BCUT2D eigenvalue weighted by Gasteiger charge is 2.23. The number of carbonyl (C=O) groups excluding carboxylic acids is 3. The van der Waals surface area contributed by atoms with Crippen molar-refractivity contribution in [2.45, 2.75) is 10.1 Å². The third-order valence-electron chi connectivity index (χ3n) is 8.37. The van der Waals surface area contributed by atoms with Crippen LogP contribution in [0.3, 0.4) is 0 Å². The molecule has 0 aliphatic rings. The lowest BCUT2D eigenvalue weighted by Crippen LogP contribution is -2.30. The minimum atomic E-state index is -0.577. The molecule has 3 N–H and O–H groups in total. The molecule has 1 atom stereocenters. The van der Waals surface area contributed by atoms with E-state index in [0.29, 0.717) is 39.7 Å². The predicted octanol–water partition coefficient (Wildman–Crippen LogP) is 9.39. The summed E-state index contributed by atoms with van der Waals surface area (Å²) in [5.41, 5.74) is 5.32. The van der Waals surface area contributed by atoms with Gasteiger partial charge in [-0.2, -0.15) is 0 Å². The predicted molar refractivity (Wildman–Crippen MR) is 213 cm³/mol. The lowest BCUT2D eigenvalue weighted by molar-refractivity contribution is -0.116. The van der Waals surface area contributed by atoms with Crippen LogP contribution >= 0.6 is 11.8 Å². The van der Waals surface area contributed by atoms with Gasteiger partial charge in [0, 0.05) is 33.0 Å². The first-order valence-corrected chi connectivity index (χ1v) is 17.9. The molecule has 0 radical (unpaired) electrons. The molecule has 0 spiro atoms. The first-order valence-electron chi connectivity index (χ1n) is 17.0. The van der Waals surface area contributed by atoms with Crippen LogP contribution < -0.4 is 20.7 Å². The molecular weight excluding hydrogens is 697 g/mol. The number of oxazole rings is 1. The Hall–Kier alpha value is -6.91. The van der Waals surface area contributed by atoms with Gasteiger partial charge >= 0.3 is 0 Å². The fourth-order valence-electron chi connectivity index (χ4n) is 5.64. The monoisotopic (exact) mass is 730 g/mol. The second-order valence-electron chi connectivity index (χ2n) is 12.1. The van der Waals surface area contributed by atoms with E-state index in [-0.39, 0.29) is 11.6 Å². The van der Waals surface area contributed by atoms with Crippen LogP contribution in [-0.4, -0.2) is 29.8 Å². The van der Waals surface area contributed by atoms with Gasteiger partial charge in [0.05, 0.1) is 7.11 Å². The van der Waals surface area contributed by atoms with Gasteiger partial charge in [-0.1, -0.05) is 78.9 Å². The van der Waals surface area contributed by atoms with Crippen molar-refractivity contribution >= 4 is 58.0 Å². The number of para-hydroxylation sites is 3. The number of rotatable bonds is 12. The molecule has 0 saturated carbocycles.